The molecular weight excluding hydrogens is 300 g/mol. The van der Waals surface area contributed by atoms with E-state index in [4.69, 9.17) is 0 Å². The van der Waals surface area contributed by atoms with E-state index in [-0.39, 0.29) is 11.8 Å². The highest BCUT2D eigenvalue weighted by Crippen LogP contribution is 2.27. The highest BCUT2D eigenvalue weighted by atomic mass is 32.2. The van der Waals surface area contributed by atoms with Crippen LogP contribution in [0.4, 0.5) is 16.2 Å². The maximum absolute atomic E-state index is 11.9. The molecule has 3 rings (SSSR count). The summed E-state index contributed by atoms with van der Waals surface area (Å²) in [7, 11) is -3.16. The van der Waals surface area contributed by atoms with Gasteiger partial charge >= 0.3 is 6.03 Å². The van der Waals surface area contributed by atoms with Crippen molar-refractivity contribution in [3.8, 4) is 0 Å². The van der Waals surface area contributed by atoms with E-state index in [1.54, 1.807) is 30.3 Å². The first-order valence-electron chi connectivity index (χ1n) is 7.03. The maximum Gasteiger partial charge on any atom is 0.323 e. The molecule has 2 aromatic rings. The topological polar surface area (TPSA) is 75.3 Å². The summed E-state index contributed by atoms with van der Waals surface area (Å²) in [6.45, 7) is 0. The number of anilines is 2. The van der Waals surface area contributed by atoms with Crippen LogP contribution in [0, 0.1) is 0 Å². The third-order valence-corrected chi connectivity index (χ3v) is 5.44. The van der Waals surface area contributed by atoms with Crippen molar-refractivity contribution in [1.82, 2.24) is 0 Å². The highest BCUT2D eigenvalue weighted by Gasteiger charge is 2.23. The average molecular weight is 316 g/mol. The Morgan fingerprint density at radius 1 is 0.955 bits per heavy atom. The van der Waals surface area contributed by atoms with E-state index in [2.05, 4.69) is 10.6 Å². The number of nitrogens with one attached hydrogen (secondary N) is 2. The van der Waals surface area contributed by atoms with Crippen LogP contribution in [-0.4, -0.2) is 20.2 Å². The smallest absolute Gasteiger partial charge is 0.308 e. The number of amides is 2. The fourth-order valence-electron chi connectivity index (χ4n) is 2.53. The van der Waals surface area contributed by atoms with Gasteiger partial charge in [-0.15, -0.1) is 0 Å². The lowest BCUT2D eigenvalue weighted by atomic mass is 10.1. The number of carbonyl (C=O) groups is 1. The number of para-hydroxylation sites is 1. The minimum Gasteiger partial charge on any atom is -0.308 e. The fraction of sp³-hybridized carbons (Fsp3) is 0.188. The van der Waals surface area contributed by atoms with Crippen LogP contribution in [0.25, 0.3) is 0 Å². The van der Waals surface area contributed by atoms with Crippen molar-refractivity contribution in [2.75, 3.05) is 16.4 Å². The summed E-state index contributed by atoms with van der Waals surface area (Å²) >= 11 is 0. The van der Waals surface area contributed by atoms with Gasteiger partial charge in [-0.1, -0.05) is 18.2 Å². The molecule has 2 N–H and O–H groups in total. The molecule has 1 aliphatic heterocycles. The molecule has 2 amide bonds. The van der Waals surface area contributed by atoms with Crippen LogP contribution in [0.3, 0.4) is 0 Å². The molecule has 0 atom stereocenters. The maximum atomic E-state index is 11.9. The lowest BCUT2D eigenvalue weighted by molar-refractivity contribution is 0.262. The van der Waals surface area contributed by atoms with Crippen molar-refractivity contribution in [2.24, 2.45) is 0 Å². The molecule has 0 bridgehead atoms. The predicted molar refractivity (Wildman–Crippen MR) is 85.9 cm³/mol. The molecule has 0 unspecified atom stereocenters. The minimum atomic E-state index is -3.16. The first kappa shape index (κ1) is 14.6. The van der Waals surface area contributed by atoms with Gasteiger partial charge in [-0.2, -0.15) is 0 Å². The van der Waals surface area contributed by atoms with Crippen molar-refractivity contribution in [3.63, 3.8) is 0 Å². The van der Waals surface area contributed by atoms with Crippen LogP contribution >= 0.6 is 0 Å². The molecule has 114 valence electrons. The number of hydrogen-bond donors (Lipinski definition) is 2. The largest absolute Gasteiger partial charge is 0.323 e. The Morgan fingerprint density at radius 2 is 1.68 bits per heavy atom. The van der Waals surface area contributed by atoms with Gasteiger partial charge in [0.25, 0.3) is 0 Å². The van der Waals surface area contributed by atoms with Gasteiger partial charge in [-0.05, 0) is 48.7 Å². The number of rotatable bonds is 2. The Hall–Kier alpha value is -2.34. The van der Waals surface area contributed by atoms with Crippen LogP contribution in [0.1, 0.15) is 12.0 Å². The number of hydrogen-bond acceptors (Lipinski definition) is 3. The van der Waals surface area contributed by atoms with Crippen molar-refractivity contribution >= 4 is 27.2 Å². The number of fused-ring (bicyclic) bond motifs is 1. The van der Waals surface area contributed by atoms with Crippen molar-refractivity contribution < 1.29 is 13.2 Å². The standard InChI is InChI=1S/C16H16N2O3S/c19-16(17-13-6-2-1-3-7-13)18-14-8-9-15-12(11-14)5-4-10-22(15,20)21/h1-3,6-9,11H,4-5,10H2,(H2,17,18,19). The van der Waals surface area contributed by atoms with Gasteiger partial charge in [0.1, 0.15) is 0 Å². The monoisotopic (exact) mass is 316 g/mol. The van der Waals surface area contributed by atoms with Gasteiger partial charge in [0.05, 0.1) is 10.6 Å². The number of sulfone groups is 1. The lowest BCUT2D eigenvalue weighted by Crippen LogP contribution is -2.20. The Morgan fingerprint density at radius 3 is 2.45 bits per heavy atom. The van der Waals surface area contributed by atoms with Crippen molar-refractivity contribution in [2.45, 2.75) is 17.7 Å². The van der Waals surface area contributed by atoms with E-state index < -0.39 is 9.84 Å². The second-order valence-corrected chi connectivity index (χ2v) is 7.27. The molecule has 0 aliphatic carbocycles. The summed E-state index contributed by atoms with van der Waals surface area (Å²) in [5.74, 6) is 0.196. The zero-order valence-electron chi connectivity index (χ0n) is 11.9. The number of aryl methyl sites for hydroxylation is 1. The Bertz CT molecular complexity index is 801. The second kappa shape index (κ2) is 5.81. The van der Waals surface area contributed by atoms with Crippen LogP contribution in [-0.2, 0) is 16.3 Å². The molecule has 0 aromatic heterocycles. The Kier molecular flexibility index (Phi) is 3.85. The molecule has 1 heterocycles. The summed E-state index contributed by atoms with van der Waals surface area (Å²) in [5, 5.41) is 5.44. The summed E-state index contributed by atoms with van der Waals surface area (Å²) < 4.78 is 23.9. The molecule has 0 spiro atoms. The molecule has 0 fully saturated rings. The average Bonchev–Trinajstić information content (AvgIpc) is 2.47. The minimum absolute atomic E-state index is 0.196. The molecule has 2 aromatic carbocycles. The van der Waals surface area contributed by atoms with Gasteiger partial charge in [-0.3, -0.25) is 0 Å². The summed E-state index contributed by atoms with van der Waals surface area (Å²) in [6, 6.07) is 13.7. The van der Waals surface area contributed by atoms with Crippen LogP contribution in [0.15, 0.2) is 53.4 Å². The van der Waals surface area contributed by atoms with E-state index in [1.807, 2.05) is 18.2 Å². The molecule has 0 saturated carbocycles. The highest BCUT2D eigenvalue weighted by molar-refractivity contribution is 7.91. The van der Waals surface area contributed by atoms with Gasteiger partial charge in [0, 0.05) is 11.4 Å². The third kappa shape index (κ3) is 3.12. The molecule has 6 heteroatoms. The number of benzene rings is 2. The zero-order chi connectivity index (χ0) is 15.6. The van der Waals surface area contributed by atoms with Crippen molar-refractivity contribution in [1.29, 1.82) is 0 Å². The van der Waals surface area contributed by atoms with E-state index in [1.165, 1.54) is 0 Å². The Balaban J connectivity index is 1.75. The van der Waals surface area contributed by atoms with E-state index in [9.17, 15) is 13.2 Å². The molecule has 22 heavy (non-hydrogen) atoms. The third-order valence-electron chi connectivity index (χ3n) is 3.54. The quantitative estimate of drug-likeness (QED) is 0.894. The SMILES string of the molecule is O=C(Nc1ccccc1)Nc1ccc2c(c1)CCCS2(=O)=O. The normalized spacial score (nSPS) is 15.6. The van der Waals surface area contributed by atoms with E-state index in [0.717, 1.165) is 5.56 Å². The Labute approximate surface area is 129 Å². The number of carbonyl (C=O) groups excluding carboxylic acids is 1. The second-order valence-electron chi connectivity index (χ2n) is 5.19. The van der Waals surface area contributed by atoms with Gasteiger partial charge < -0.3 is 10.6 Å². The fourth-order valence-corrected chi connectivity index (χ4v) is 4.11. The van der Waals surface area contributed by atoms with E-state index >= 15 is 0 Å². The summed E-state index contributed by atoms with van der Waals surface area (Å²) in [6.07, 6.45) is 1.33. The van der Waals surface area contributed by atoms with Crippen LogP contribution in [0.2, 0.25) is 0 Å². The summed E-state index contributed by atoms with van der Waals surface area (Å²) in [4.78, 5) is 12.3. The number of urea groups is 1. The molecular formula is C16H16N2O3S. The van der Waals surface area contributed by atoms with Gasteiger partial charge in [0.15, 0.2) is 9.84 Å². The van der Waals surface area contributed by atoms with Crippen LogP contribution in [0.5, 0.6) is 0 Å². The first-order chi connectivity index (χ1) is 10.5. The molecule has 0 radical (unpaired) electrons. The lowest BCUT2D eigenvalue weighted by Gasteiger charge is -2.17. The zero-order valence-corrected chi connectivity index (χ0v) is 12.7. The molecule has 0 saturated heterocycles. The van der Waals surface area contributed by atoms with Gasteiger partial charge in [-0.25, -0.2) is 13.2 Å². The van der Waals surface area contributed by atoms with Gasteiger partial charge in [0.2, 0.25) is 0 Å². The van der Waals surface area contributed by atoms with Crippen LogP contribution < -0.4 is 10.6 Å². The molecule has 1 aliphatic rings. The molecule has 5 nitrogen and oxygen atoms in total. The predicted octanol–water partition coefficient (Wildman–Crippen LogP) is 3.05. The van der Waals surface area contributed by atoms with Crippen molar-refractivity contribution in [3.05, 3.63) is 54.1 Å². The van der Waals surface area contributed by atoms with E-state index in [0.29, 0.717) is 29.1 Å². The first-order valence-corrected chi connectivity index (χ1v) is 8.68. The summed E-state index contributed by atoms with van der Waals surface area (Å²) in [5.41, 5.74) is 2.05.